The lowest BCUT2D eigenvalue weighted by Crippen LogP contribution is -2.41. The summed E-state index contributed by atoms with van der Waals surface area (Å²) in [6.45, 7) is 1.80. The van der Waals surface area contributed by atoms with Crippen LogP contribution in [0.2, 0.25) is 0 Å². The Balaban J connectivity index is 1.18. The molecule has 1 saturated heterocycles. The van der Waals surface area contributed by atoms with Gasteiger partial charge in [-0.05, 0) is 37.0 Å². The van der Waals surface area contributed by atoms with E-state index in [0.29, 0.717) is 31.1 Å². The zero-order valence-corrected chi connectivity index (χ0v) is 17.3. The van der Waals surface area contributed by atoms with Gasteiger partial charge in [0.2, 0.25) is 11.8 Å². The summed E-state index contributed by atoms with van der Waals surface area (Å²) in [6, 6.07) is 7.25. The Kier molecular flexibility index (Phi) is 5.17. The fourth-order valence-corrected chi connectivity index (χ4v) is 4.82. The van der Waals surface area contributed by atoms with E-state index in [2.05, 4.69) is 25.4 Å². The van der Waals surface area contributed by atoms with Crippen molar-refractivity contribution in [1.82, 2.24) is 25.0 Å². The molecule has 9 nitrogen and oxygen atoms in total. The van der Waals surface area contributed by atoms with Gasteiger partial charge >= 0.3 is 6.03 Å². The summed E-state index contributed by atoms with van der Waals surface area (Å²) in [5.74, 6) is 1.70. The molecule has 2 aliphatic heterocycles. The molecule has 1 aromatic carbocycles. The van der Waals surface area contributed by atoms with Crippen LogP contribution in [0, 0.1) is 5.92 Å². The van der Waals surface area contributed by atoms with Crippen LogP contribution in [0.1, 0.15) is 55.2 Å². The number of carbonyl (C=O) groups is 3. The second kappa shape index (κ2) is 8.13. The van der Waals surface area contributed by atoms with Gasteiger partial charge < -0.3 is 14.8 Å². The Morgan fingerprint density at radius 1 is 1.10 bits per heavy atom. The maximum absolute atomic E-state index is 12.7. The average Bonchev–Trinajstić information content (AvgIpc) is 3.49. The molecule has 2 N–H and O–H groups in total. The number of benzene rings is 1. The first kappa shape index (κ1) is 19.7. The van der Waals surface area contributed by atoms with Crippen LogP contribution in [0.3, 0.4) is 0 Å². The molecule has 162 valence electrons. The number of nitrogens with zero attached hydrogens (tertiary/aromatic N) is 4. The van der Waals surface area contributed by atoms with E-state index in [0.717, 1.165) is 23.8 Å². The van der Waals surface area contributed by atoms with Crippen LogP contribution in [-0.4, -0.2) is 44.1 Å². The van der Waals surface area contributed by atoms with Crippen molar-refractivity contribution in [2.75, 3.05) is 11.9 Å². The molecule has 4 amide bonds. The van der Waals surface area contributed by atoms with Crippen LogP contribution in [-0.2, 0) is 29.1 Å². The van der Waals surface area contributed by atoms with Crippen molar-refractivity contribution < 1.29 is 14.4 Å². The summed E-state index contributed by atoms with van der Waals surface area (Å²) >= 11 is 0. The van der Waals surface area contributed by atoms with Gasteiger partial charge in [-0.3, -0.25) is 14.9 Å². The van der Waals surface area contributed by atoms with E-state index in [9.17, 15) is 14.4 Å². The van der Waals surface area contributed by atoms with Gasteiger partial charge in [-0.25, -0.2) is 4.79 Å². The van der Waals surface area contributed by atoms with Gasteiger partial charge in [-0.1, -0.05) is 25.0 Å². The second-order valence-electron chi connectivity index (χ2n) is 8.67. The molecule has 3 aliphatic rings. The van der Waals surface area contributed by atoms with Gasteiger partial charge in [-0.2, -0.15) is 0 Å². The fourth-order valence-electron chi connectivity index (χ4n) is 4.82. The van der Waals surface area contributed by atoms with E-state index in [4.69, 9.17) is 0 Å². The van der Waals surface area contributed by atoms with Crippen molar-refractivity contribution in [3.63, 3.8) is 0 Å². The molecular weight excluding hydrogens is 396 g/mol. The number of carbonyl (C=O) groups excluding carboxylic acids is 3. The number of nitrogens with one attached hydrogen (secondary N) is 2. The molecule has 5 rings (SSSR count). The molecule has 1 aliphatic carbocycles. The third kappa shape index (κ3) is 4.04. The van der Waals surface area contributed by atoms with E-state index in [1.54, 1.807) is 4.90 Å². The topological polar surface area (TPSA) is 109 Å². The molecule has 1 aromatic heterocycles. The fraction of sp³-hybridized carbons (Fsp3) is 0.500. The summed E-state index contributed by atoms with van der Waals surface area (Å²) in [7, 11) is 0. The van der Waals surface area contributed by atoms with E-state index in [1.165, 1.54) is 25.7 Å². The van der Waals surface area contributed by atoms with E-state index in [-0.39, 0.29) is 30.2 Å². The number of hydrogen-bond acceptors (Lipinski definition) is 5. The van der Waals surface area contributed by atoms with E-state index in [1.807, 2.05) is 24.3 Å². The predicted molar refractivity (Wildman–Crippen MR) is 112 cm³/mol. The lowest BCUT2D eigenvalue weighted by atomic mass is 9.98. The van der Waals surface area contributed by atoms with Crippen molar-refractivity contribution in [2.45, 2.75) is 57.5 Å². The van der Waals surface area contributed by atoms with Crippen molar-refractivity contribution in [3.8, 4) is 0 Å². The Morgan fingerprint density at radius 2 is 1.87 bits per heavy atom. The lowest BCUT2D eigenvalue weighted by Gasteiger charge is -2.28. The number of anilines is 1. The Bertz CT molecular complexity index is 1010. The van der Waals surface area contributed by atoms with Gasteiger partial charge in [0.15, 0.2) is 5.82 Å². The van der Waals surface area contributed by atoms with Gasteiger partial charge in [0.05, 0.1) is 12.5 Å². The minimum absolute atomic E-state index is 0.162. The van der Waals surface area contributed by atoms with Gasteiger partial charge in [0, 0.05) is 31.1 Å². The third-order valence-corrected chi connectivity index (χ3v) is 6.54. The highest BCUT2D eigenvalue weighted by molar-refractivity contribution is 6.03. The maximum atomic E-state index is 12.7. The average molecular weight is 422 g/mol. The zero-order chi connectivity index (χ0) is 21.4. The minimum Gasteiger partial charge on any atom is -0.315 e. The third-order valence-electron chi connectivity index (χ3n) is 6.54. The molecule has 9 heteroatoms. The monoisotopic (exact) mass is 422 g/mol. The van der Waals surface area contributed by atoms with Gasteiger partial charge in [0.25, 0.3) is 0 Å². The molecule has 0 radical (unpaired) electrons. The van der Waals surface area contributed by atoms with Crippen molar-refractivity contribution in [1.29, 1.82) is 0 Å². The molecular formula is C22H26N6O3. The number of hydrogen-bond donors (Lipinski definition) is 2. The molecule has 31 heavy (non-hydrogen) atoms. The molecule has 1 atom stereocenters. The first-order valence-corrected chi connectivity index (χ1v) is 11.0. The van der Waals surface area contributed by atoms with Gasteiger partial charge in [0.1, 0.15) is 5.82 Å². The SMILES string of the molecule is O=C1CC(Cc2ccc(NC(=O)N3CCn4c(nnc4C4CCCC4)C3)cc2)C(=O)N1. The number of urea groups is 1. The molecule has 0 spiro atoms. The Hall–Kier alpha value is -3.23. The van der Waals surface area contributed by atoms with Crippen LogP contribution >= 0.6 is 0 Å². The zero-order valence-electron chi connectivity index (χ0n) is 17.3. The highest BCUT2D eigenvalue weighted by atomic mass is 16.2. The second-order valence-corrected chi connectivity index (χ2v) is 8.67. The van der Waals surface area contributed by atoms with Crippen LogP contribution in [0.4, 0.5) is 10.5 Å². The number of rotatable bonds is 4. The van der Waals surface area contributed by atoms with Crippen LogP contribution in [0.25, 0.3) is 0 Å². The molecule has 3 heterocycles. The highest BCUT2D eigenvalue weighted by Gasteiger charge is 2.31. The highest BCUT2D eigenvalue weighted by Crippen LogP contribution is 2.34. The normalized spacial score (nSPS) is 21.3. The van der Waals surface area contributed by atoms with Crippen molar-refractivity contribution >= 4 is 23.5 Å². The maximum Gasteiger partial charge on any atom is 0.322 e. The minimum atomic E-state index is -0.312. The Labute approximate surface area is 180 Å². The van der Waals surface area contributed by atoms with Gasteiger partial charge in [-0.15, -0.1) is 10.2 Å². The standard InChI is InChI=1S/C22H26N6O3/c29-19-12-16(21(30)24-19)11-14-5-7-17(8-6-14)23-22(31)27-9-10-28-18(13-27)25-26-20(28)15-3-1-2-4-15/h5-8,15-16H,1-4,9-13H2,(H,23,31)(H,24,29,30). The Morgan fingerprint density at radius 3 is 2.58 bits per heavy atom. The first-order chi connectivity index (χ1) is 15.1. The van der Waals surface area contributed by atoms with Crippen LogP contribution < -0.4 is 10.6 Å². The number of fused-ring (bicyclic) bond motifs is 1. The van der Waals surface area contributed by atoms with Crippen molar-refractivity contribution in [2.24, 2.45) is 5.92 Å². The summed E-state index contributed by atoms with van der Waals surface area (Å²) in [5.41, 5.74) is 1.65. The summed E-state index contributed by atoms with van der Waals surface area (Å²) in [5, 5.41) is 14.0. The quantitative estimate of drug-likeness (QED) is 0.734. The smallest absolute Gasteiger partial charge is 0.315 e. The van der Waals surface area contributed by atoms with Crippen LogP contribution in [0.15, 0.2) is 24.3 Å². The molecule has 0 bridgehead atoms. The molecule has 2 fully saturated rings. The lowest BCUT2D eigenvalue weighted by molar-refractivity contribution is -0.125. The number of imide groups is 1. The first-order valence-electron chi connectivity index (χ1n) is 11.0. The van der Waals surface area contributed by atoms with E-state index < -0.39 is 0 Å². The predicted octanol–water partition coefficient (Wildman–Crippen LogP) is 2.19. The number of aromatic nitrogens is 3. The molecule has 1 unspecified atom stereocenters. The summed E-state index contributed by atoms with van der Waals surface area (Å²) in [4.78, 5) is 37.6. The number of amides is 4. The summed E-state index contributed by atoms with van der Waals surface area (Å²) < 4.78 is 2.19. The summed E-state index contributed by atoms with van der Waals surface area (Å²) in [6.07, 6.45) is 5.62. The molecule has 2 aromatic rings. The van der Waals surface area contributed by atoms with Crippen molar-refractivity contribution in [3.05, 3.63) is 41.5 Å². The molecule has 1 saturated carbocycles. The largest absolute Gasteiger partial charge is 0.322 e. The van der Waals surface area contributed by atoms with Crippen LogP contribution in [0.5, 0.6) is 0 Å². The van der Waals surface area contributed by atoms with E-state index >= 15 is 0 Å².